The van der Waals surface area contributed by atoms with Crippen molar-refractivity contribution in [2.45, 2.75) is 51.9 Å². The van der Waals surface area contributed by atoms with E-state index >= 15 is 0 Å². The van der Waals surface area contributed by atoms with E-state index in [1.165, 1.54) is 19.3 Å². The summed E-state index contributed by atoms with van der Waals surface area (Å²) in [6.07, 6.45) is 8.29. The Balaban J connectivity index is 2.13. The minimum absolute atomic E-state index is 0.299. The van der Waals surface area contributed by atoms with Crippen LogP contribution in [0.15, 0.2) is 0 Å². The predicted molar refractivity (Wildman–Crippen MR) is 54.5 cm³/mol. The van der Waals surface area contributed by atoms with Crippen molar-refractivity contribution < 1.29 is 4.79 Å². The smallest absolute Gasteiger partial charge is 0.223 e. The van der Waals surface area contributed by atoms with E-state index in [1.54, 1.807) is 0 Å². The Morgan fingerprint density at radius 2 is 2.00 bits per heavy atom. The van der Waals surface area contributed by atoms with Gasteiger partial charge in [0.15, 0.2) is 0 Å². The lowest BCUT2D eigenvalue weighted by molar-refractivity contribution is -0.125. The summed E-state index contributed by atoms with van der Waals surface area (Å²) >= 11 is 0. The summed E-state index contributed by atoms with van der Waals surface area (Å²) in [5.41, 5.74) is 0. The summed E-state index contributed by atoms with van der Waals surface area (Å²) in [7, 11) is 0. The molecule has 0 radical (unpaired) electrons. The first kappa shape index (κ1) is 10.6. The van der Waals surface area contributed by atoms with Crippen LogP contribution >= 0.6 is 0 Å². The topological polar surface area (TPSA) is 29.1 Å². The van der Waals surface area contributed by atoms with Gasteiger partial charge in [-0.05, 0) is 19.3 Å². The summed E-state index contributed by atoms with van der Waals surface area (Å²) in [6, 6.07) is 0. The van der Waals surface area contributed by atoms with Gasteiger partial charge in [-0.25, -0.2) is 0 Å². The van der Waals surface area contributed by atoms with Crippen LogP contribution < -0.4 is 5.32 Å². The lowest BCUT2D eigenvalue weighted by Gasteiger charge is -2.20. The maximum Gasteiger partial charge on any atom is 0.223 e. The lowest BCUT2D eigenvalue weighted by atomic mass is 9.71. The minimum Gasteiger partial charge on any atom is -0.356 e. The molecule has 1 rings (SSSR count). The van der Waals surface area contributed by atoms with Gasteiger partial charge in [-0.2, -0.15) is 0 Å². The number of hydrogen-bond donors (Lipinski definition) is 1. The summed E-state index contributed by atoms with van der Waals surface area (Å²) in [4.78, 5) is 11.6. The highest BCUT2D eigenvalue weighted by molar-refractivity contribution is 5.78. The van der Waals surface area contributed by atoms with Crippen molar-refractivity contribution in [3.63, 3.8) is 0 Å². The van der Waals surface area contributed by atoms with Gasteiger partial charge in [0.25, 0.3) is 0 Å². The van der Waals surface area contributed by atoms with E-state index in [4.69, 9.17) is 0 Å². The van der Waals surface area contributed by atoms with Crippen molar-refractivity contribution in [1.29, 1.82) is 0 Å². The summed E-state index contributed by atoms with van der Waals surface area (Å²) in [5, 5.41) is 3.01. The number of carbonyl (C=O) groups excluding carboxylic acids is 1. The molecule has 0 aliphatic heterocycles. The number of unbranched alkanes of at least 4 members (excludes halogenated alkanes) is 1. The van der Waals surface area contributed by atoms with E-state index in [0.717, 1.165) is 32.2 Å². The summed E-state index contributed by atoms with van der Waals surface area (Å²) in [5.74, 6) is 0.624. The van der Waals surface area contributed by atoms with Gasteiger partial charge >= 0.3 is 0 Å². The molecule has 13 heavy (non-hydrogen) atoms. The monoisotopic (exact) mass is 182 g/mol. The molecule has 0 spiro atoms. The molecule has 76 valence electrons. The second-order valence-corrected chi connectivity index (χ2v) is 3.98. The van der Waals surface area contributed by atoms with Gasteiger partial charge in [0, 0.05) is 12.5 Å². The zero-order chi connectivity index (χ0) is 9.52. The van der Waals surface area contributed by atoms with Crippen LogP contribution in [0.2, 0.25) is 0 Å². The van der Waals surface area contributed by atoms with E-state index in [2.05, 4.69) is 12.2 Å². The number of nitrogens with one attached hydrogen (secondary N) is 1. The fraction of sp³-hybridized carbons (Fsp3) is 0.909. The first-order valence-corrected chi connectivity index (χ1v) is 5.62. The van der Waals surface area contributed by atoms with Gasteiger partial charge in [-0.15, -0.1) is 0 Å². The van der Waals surface area contributed by atoms with Crippen LogP contribution in [-0.2, 0) is 4.79 Å². The quantitative estimate of drug-likeness (QED) is 0.665. The molecule has 0 aromatic rings. The highest BCUT2D eigenvalue weighted by Crippen LogP contribution is 2.23. The third-order valence-electron chi connectivity index (χ3n) is 2.81. The molecule has 1 aliphatic carbocycles. The normalized spacial score (nSPS) is 18.5. The highest BCUT2D eigenvalue weighted by Gasteiger charge is 2.19. The zero-order valence-electron chi connectivity index (χ0n) is 8.64. The average Bonchev–Trinajstić information content (AvgIpc) is 2.19. The van der Waals surface area contributed by atoms with E-state index in [0.29, 0.717) is 11.8 Å². The van der Waals surface area contributed by atoms with E-state index < -0.39 is 0 Å². The lowest BCUT2D eigenvalue weighted by Crippen LogP contribution is -2.32. The third kappa shape index (κ3) is 3.79. The van der Waals surface area contributed by atoms with Crippen molar-refractivity contribution >= 4 is 5.91 Å². The number of rotatable bonds is 4. The van der Waals surface area contributed by atoms with Gasteiger partial charge in [0.1, 0.15) is 0 Å². The standard InChI is InChI=1S/C11H21NO/c1-2-3-9-12-11(13)10-7-5-4-6-8-10/h10H,2-9H2,1H3,(H,12,13)/i11-1. The van der Waals surface area contributed by atoms with E-state index in [1.807, 2.05) is 0 Å². The van der Waals surface area contributed by atoms with Gasteiger partial charge in [0.05, 0.1) is 0 Å². The Morgan fingerprint density at radius 3 is 2.62 bits per heavy atom. The third-order valence-corrected chi connectivity index (χ3v) is 2.81. The number of hydrogen-bond acceptors (Lipinski definition) is 1. The van der Waals surface area contributed by atoms with Crippen LogP contribution in [0.1, 0.15) is 51.9 Å². The maximum absolute atomic E-state index is 11.6. The Bertz CT molecular complexity index is 150. The molecule has 0 aromatic heterocycles. The fourth-order valence-corrected chi connectivity index (χ4v) is 1.90. The second kappa shape index (κ2) is 6.01. The predicted octanol–water partition coefficient (Wildman–Crippen LogP) is 2.48. The second-order valence-electron chi connectivity index (χ2n) is 3.98. The molecule has 0 saturated heterocycles. The van der Waals surface area contributed by atoms with Crippen LogP contribution in [0.5, 0.6) is 0 Å². The first-order valence-electron chi connectivity index (χ1n) is 5.62. The maximum atomic E-state index is 11.6. The zero-order valence-corrected chi connectivity index (χ0v) is 8.64. The van der Waals surface area contributed by atoms with Crippen LogP contribution in [-0.4, -0.2) is 12.5 Å². The molecule has 1 fully saturated rings. The molecule has 0 unspecified atom stereocenters. The van der Waals surface area contributed by atoms with Crippen molar-refractivity contribution in [3.05, 3.63) is 0 Å². The molecule has 0 heterocycles. The van der Waals surface area contributed by atoms with E-state index in [9.17, 15) is 4.79 Å². The number of carbonyl (C=O) groups is 1. The Labute approximate surface area is 81.1 Å². The Morgan fingerprint density at radius 1 is 1.31 bits per heavy atom. The average molecular weight is 182 g/mol. The largest absolute Gasteiger partial charge is 0.356 e. The molecule has 2 heteroatoms. The molecule has 1 amide bonds. The van der Waals surface area contributed by atoms with Crippen LogP contribution in [0.4, 0.5) is 0 Å². The van der Waals surface area contributed by atoms with Gasteiger partial charge in [-0.1, -0.05) is 32.6 Å². The Kier molecular flexibility index (Phi) is 4.87. The molecule has 1 aliphatic rings. The van der Waals surface area contributed by atoms with Gasteiger partial charge in [-0.3, -0.25) is 4.79 Å². The fourth-order valence-electron chi connectivity index (χ4n) is 1.90. The van der Waals surface area contributed by atoms with Crippen molar-refractivity contribution in [1.82, 2.24) is 5.32 Å². The Hall–Kier alpha value is -0.530. The van der Waals surface area contributed by atoms with Gasteiger partial charge < -0.3 is 5.32 Å². The van der Waals surface area contributed by atoms with E-state index in [-0.39, 0.29) is 0 Å². The molecular formula is C11H21NO. The number of amides is 1. The summed E-state index contributed by atoms with van der Waals surface area (Å²) in [6.45, 7) is 3.01. The first-order chi connectivity index (χ1) is 6.34. The molecular weight excluding hydrogens is 161 g/mol. The SMILES string of the molecule is CCCCN[11C](=O)C1CCCCC1. The molecule has 2 nitrogen and oxygen atoms in total. The highest BCUT2D eigenvalue weighted by atomic mass is 16.1. The minimum atomic E-state index is 0.299. The van der Waals surface area contributed by atoms with Gasteiger partial charge in [0.2, 0.25) is 5.91 Å². The molecule has 0 aromatic carbocycles. The van der Waals surface area contributed by atoms with Crippen LogP contribution in [0, 0.1) is 5.92 Å². The van der Waals surface area contributed by atoms with Crippen LogP contribution in [0.25, 0.3) is 0 Å². The summed E-state index contributed by atoms with van der Waals surface area (Å²) < 4.78 is 0. The van der Waals surface area contributed by atoms with Crippen LogP contribution in [0.3, 0.4) is 0 Å². The molecule has 0 bridgehead atoms. The van der Waals surface area contributed by atoms with Crippen molar-refractivity contribution in [3.8, 4) is 0 Å². The molecule has 0 atom stereocenters. The molecule has 1 N–H and O–H groups in total. The molecule has 1 saturated carbocycles. The van der Waals surface area contributed by atoms with Crippen molar-refractivity contribution in [2.24, 2.45) is 5.92 Å². The van der Waals surface area contributed by atoms with Crippen molar-refractivity contribution in [2.75, 3.05) is 6.54 Å².